The van der Waals surface area contributed by atoms with Crippen molar-refractivity contribution in [3.63, 3.8) is 0 Å². The lowest BCUT2D eigenvalue weighted by Gasteiger charge is -2.09. The quantitative estimate of drug-likeness (QED) is 0.565. The van der Waals surface area contributed by atoms with Gasteiger partial charge in [-0.1, -0.05) is 42.5 Å². The monoisotopic (exact) mass is 376 g/mol. The van der Waals surface area contributed by atoms with Gasteiger partial charge in [-0.25, -0.2) is 0 Å². The van der Waals surface area contributed by atoms with Gasteiger partial charge in [-0.2, -0.15) is 10.2 Å². The Morgan fingerprint density at radius 3 is 2.46 bits per heavy atom. The van der Waals surface area contributed by atoms with Crippen molar-refractivity contribution in [1.29, 1.82) is 5.26 Å². The highest BCUT2D eigenvalue weighted by Crippen LogP contribution is 2.23. The molecule has 0 spiro atoms. The Morgan fingerprint density at radius 2 is 1.79 bits per heavy atom. The fourth-order valence-electron chi connectivity index (χ4n) is 2.74. The minimum atomic E-state index is 0.165. The molecule has 0 fully saturated rings. The number of hydrogen-bond acceptors (Lipinski definition) is 6. The van der Waals surface area contributed by atoms with Gasteiger partial charge in [0.05, 0.1) is 0 Å². The van der Waals surface area contributed by atoms with Gasteiger partial charge in [-0.15, -0.1) is 0 Å². The first-order valence-corrected chi connectivity index (χ1v) is 9.22. The number of ether oxygens (including phenoxy) is 1. The van der Waals surface area contributed by atoms with E-state index in [0.29, 0.717) is 18.3 Å². The highest BCUT2D eigenvalue weighted by Gasteiger charge is 2.13. The van der Waals surface area contributed by atoms with Crippen LogP contribution >= 0.6 is 0 Å². The summed E-state index contributed by atoms with van der Waals surface area (Å²) >= 11 is 0. The number of rotatable bonds is 9. The second kappa shape index (κ2) is 9.58. The topological polar surface area (TPSA) is 74.3 Å². The third kappa shape index (κ3) is 5.35. The van der Waals surface area contributed by atoms with Crippen LogP contribution in [-0.2, 0) is 6.61 Å². The predicted molar refractivity (Wildman–Crippen MR) is 109 cm³/mol. The summed E-state index contributed by atoms with van der Waals surface area (Å²) in [4.78, 5) is 6.30. The molecule has 0 amide bonds. The lowest BCUT2D eigenvalue weighted by molar-refractivity contribution is 0.265. The van der Waals surface area contributed by atoms with Gasteiger partial charge in [0.15, 0.2) is 6.61 Å². The van der Waals surface area contributed by atoms with Crippen molar-refractivity contribution in [3.8, 4) is 22.9 Å². The van der Waals surface area contributed by atoms with Crippen molar-refractivity contribution in [2.75, 3.05) is 32.5 Å². The third-order valence-corrected chi connectivity index (χ3v) is 4.17. The van der Waals surface area contributed by atoms with Gasteiger partial charge in [-0.05, 0) is 50.3 Å². The smallest absolute Gasteiger partial charge is 0.236 e. The molecule has 144 valence electrons. The van der Waals surface area contributed by atoms with Gasteiger partial charge in [0.1, 0.15) is 11.8 Å². The van der Waals surface area contributed by atoms with Crippen molar-refractivity contribution < 1.29 is 9.15 Å². The Kier molecular flexibility index (Phi) is 6.66. The number of aromatic nitrogens is 1. The summed E-state index contributed by atoms with van der Waals surface area (Å²) in [6.07, 6.45) is 0.943. The molecule has 1 heterocycles. The van der Waals surface area contributed by atoms with E-state index in [1.165, 1.54) is 0 Å². The molecule has 28 heavy (non-hydrogen) atoms. The van der Waals surface area contributed by atoms with Gasteiger partial charge in [0.25, 0.3) is 0 Å². The molecule has 6 nitrogen and oxygen atoms in total. The summed E-state index contributed by atoms with van der Waals surface area (Å²) in [7, 11) is 4.05. The molecular weight excluding hydrogens is 352 g/mol. The molecular formula is C22H24N4O2. The molecule has 0 radical (unpaired) electrons. The summed E-state index contributed by atoms with van der Waals surface area (Å²) in [5.74, 6) is 1.50. The first kappa shape index (κ1) is 19.5. The minimum Gasteiger partial charge on any atom is -0.484 e. The predicted octanol–water partition coefficient (Wildman–Crippen LogP) is 4.16. The maximum atomic E-state index is 9.24. The van der Waals surface area contributed by atoms with Crippen LogP contribution in [-0.4, -0.2) is 37.1 Å². The molecule has 0 atom stereocenters. The van der Waals surface area contributed by atoms with E-state index in [-0.39, 0.29) is 12.3 Å². The second-order valence-electron chi connectivity index (χ2n) is 6.66. The standard InChI is InChI=1S/C22H24N4O2/c1-26(2)14-6-13-24-22-20(15-23)25-21(28-22)16-27-19-11-9-18(10-12-19)17-7-4-3-5-8-17/h3-5,7-12,24H,6,13-14,16H2,1-2H3. The van der Waals surface area contributed by atoms with Gasteiger partial charge >= 0.3 is 0 Å². The zero-order valence-electron chi connectivity index (χ0n) is 16.2. The third-order valence-electron chi connectivity index (χ3n) is 4.17. The highest BCUT2D eigenvalue weighted by atomic mass is 16.5. The van der Waals surface area contributed by atoms with Crippen molar-refractivity contribution in [3.05, 3.63) is 66.2 Å². The van der Waals surface area contributed by atoms with Crippen LogP contribution in [0, 0.1) is 11.3 Å². The molecule has 0 saturated heterocycles. The molecule has 0 aliphatic heterocycles. The summed E-state index contributed by atoms with van der Waals surface area (Å²) in [5, 5.41) is 12.4. The fourth-order valence-corrected chi connectivity index (χ4v) is 2.74. The van der Waals surface area contributed by atoms with E-state index in [4.69, 9.17) is 9.15 Å². The molecule has 3 rings (SSSR count). The van der Waals surface area contributed by atoms with Gasteiger partial charge in [-0.3, -0.25) is 0 Å². The van der Waals surface area contributed by atoms with E-state index in [0.717, 1.165) is 29.8 Å². The summed E-state index contributed by atoms with van der Waals surface area (Å²) in [5.41, 5.74) is 2.54. The van der Waals surface area contributed by atoms with Gasteiger partial charge in [0.2, 0.25) is 17.5 Å². The van der Waals surface area contributed by atoms with Crippen molar-refractivity contribution in [1.82, 2.24) is 9.88 Å². The number of oxazole rings is 1. The number of benzene rings is 2. The summed E-state index contributed by atoms with van der Waals surface area (Å²) in [6, 6.07) is 20.1. The molecule has 3 aromatic rings. The molecule has 1 N–H and O–H groups in total. The van der Waals surface area contributed by atoms with Crippen LogP contribution in [0.2, 0.25) is 0 Å². The normalized spacial score (nSPS) is 10.6. The van der Waals surface area contributed by atoms with E-state index in [1.807, 2.05) is 56.6 Å². The van der Waals surface area contributed by atoms with Crippen molar-refractivity contribution >= 4 is 5.88 Å². The lowest BCUT2D eigenvalue weighted by atomic mass is 10.1. The molecule has 0 aliphatic rings. The van der Waals surface area contributed by atoms with Crippen molar-refractivity contribution in [2.24, 2.45) is 0 Å². The SMILES string of the molecule is CN(C)CCCNc1oc(COc2ccc(-c3ccccc3)cc2)nc1C#N. The van der Waals surface area contributed by atoms with Crippen LogP contribution in [0.5, 0.6) is 5.75 Å². The number of nitrogens with one attached hydrogen (secondary N) is 1. The highest BCUT2D eigenvalue weighted by molar-refractivity contribution is 5.63. The van der Waals surface area contributed by atoms with Crippen LogP contribution in [0.25, 0.3) is 11.1 Å². The zero-order chi connectivity index (χ0) is 19.8. The average Bonchev–Trinajstić information content (AvgIpc) is 3.13. The number of hydrogen-bond donors (Lipinski definition) is 1. The Hall–Kier alpha value is -3.30. The van der Waals surface area contributed by atoms with E-state index < -0.39 is 0 Å². The fraction of sp³-hybridized carbons (Fsp3) is 0.273. The summed E-state index contributed by atoms with van der Waals surface area (Å²) in [6.45, 7) is 1.83. The minimum absolute atomic E-state index is 0.165. The lowest BCUT2D eigenvalue weighted by Crippen LogP contribution is -2.16. The molecule has 0 unspecified atom stereocenters. The van der Waals surface area contributed by atoms with E-state index >= 15 is 0 Å². The molecule has 1 aromatic heterocycles. The van der Waals surface area contributed by atoms with E-state index in [2.05, 4.69) is 33.4 Å². The second-order valence-corrected chi connectivity index (χ2v) is 6.66. The van der Waals surface area contributed by atoms with E-state index in [1.54, 1.807) is 0 Å². The van der Waals surface area contributed by atoms with Crippen LogP contribution in [0.15, 0.2) is 59.0 Å². The molecule has 6 heteroatoms. The van der Waals surface area contributed by atoms with Gasteiger partial charge in [0, 0.05) is 6.54 Å². The molecule has 2 aromatic carbocycles. The first-order valence-electron chi connectivity index (χ1n) is 9.22. The van der Waals surface area contributed by atoms with Crippen molar-refractivity contribution in [2.45, 2.75) is 13.0 Å². The Morgan fingerprint density at radius 1 is 1.07 bits per heavy atom. The maximum absolute atomic E-state index is 9.24. The van der Waals surface area contributed by atoms with Crippen LogP contribution in [0.4, 0.5) is 5.88 Å². The van der Waals surface area contributed by atoms with E-state index in [9.17, 15) is 5.26 Å². The van der Waals surface area contributed by atoms with Gasteiger partial charge < -0.3 is 19.4 Å². The Labute approximate surface area is 165 Å². The number of anilines is 1. The van der Waals surface area contributed by atoms with Crippen LogP contribution < -0.4 is 10.1 Å². The first-order chi connectivity index (χ1) is 13.7. The molecule has 0 bridgehead atoms. The molecule has 0 aliphatic carbocycles. The Bertz CT molecular complexity index is 912. The number of nitrogens with zero attached hydrogens (tertiary/aromatic N) is 3. The average molecular weight is 376 g/mol. The largest absolute Gasteiger partial charge is 0.484 e. The maximum Gasteiger partial charge on any atom is 0.236 e. The van der Waals surface area contributed by atoms with Crippen LogP contribution in [0.1, 0.15) is 18.0 Å². The number of nitriles is 1. The zero-order valence-corrected chi connectivity index (χ0v) is 16.2. The summed E-state index contributed by atoms with van der Waals surface area (Å²) < 4.78 is 11.4. The molecule has 0 saturated carbocycles. The Balaban J connectivity index is 1.56. The van der Waals surface area contributed by atoms with Crippen LogP contribution in [0.3, 0.4) is 0 Å².